The van der Waals surface area contributed by atoms with Gasteiger partial charge in [0.15, 0.2) is 0 Å². The van der Waals surface area contributed by atoms with Crippen LogP contribution in [-0.4, -0.2) is 13.0 Å². The predicted molar refractivity (Wildman–Crippen MR) is 61.0 cm³/mol. The molecule has 90 valence electrons. The molecule has 0 radical (unpaired) electrons. The summed E-state index contributed by atoms with van der Waals surface area (Å²) in [5, 5.41) is 2.79. The third kappa shape index (κ3) is 3.14. The van der Waals surface area contributed by atoms with E-state index in [-0.39, 0.29) is 12.6 Å². The van der Waals surface area contributed by atoms with Gasteiger partial charge in [0.2, 0.25) is 0 Å². The third-order valence-corrected chi connectivity index (χ3v) is 2.44. The molecule has 1 heterocycles. The number of nitrogens with one attached hydrogen (secondary N) is 1. The number of hydrogen-bond donors (Lipinski definition) is 1. The van der Waals surface area contributed by atoms with E-state index < -0.39 is 6.43 Å². The molecule has 0 amide bonds. The van der Waals surface area contributed by atoms with Crippen LogP contribution in [0.25, 0.3) is 0 Å². The van der Waals surface area contributed by atoms with E-state index in [0.717, 1.165) is 5.56 Å². The minimum Gasteiger partial charge on any atom is -0.467 e. The monoisotopic (exact) mass is 237 g/mol. The Morgan fingerprint density at radius 2 is 1.82 bits per heavy atom. The van der Waals surface area contributed by atoms with Gasteiger partial charge in [0.25, 0.3) is 6.43 Å². The number of hydrogen-bond acceptors (Lipinski definition) is 2. The first-order valence-electron chi connectivity index (χ1n) is 5.37. The molecule has 0 saturated heterocycles. The molecular formula is C13H13F2NO. The molecule has 1 atom stereocenters. The molecule has 1 aromatic carbocycles. The highest BCUT2D eigenvalue weighted by atomic mass is 19.3. The molecule has 2 rings (SSSR count). The molecule has 0 aliphatic heterocycles. The van der Waals surface area contributed by atoms with Crippen molar-refractivity contribution in [1.29, 1.82) is 0 Å². The van der Waals surface area contributed by atoms with E-state index in [9.17, 15) is 8.78 Å². The van der Waals surface area contributed by atoms with E-state index in [2.05, 4.69) is 5.32 Å². The van der Waals surface area contributed by atoms with Gasteiger partial charge in [-0.25, -0.2) is 8.78 Å². The molecule has 17 heavy (non-hydrogen) atoms. The van der Waals surface area contributed by atoms with Crippen molar-refractivity contribution in [3.05, 3.63) is 60.1 Å². The van der Waals surface area contributed by atoms with E-state index in [4.69, 9.17) is 4.42 Å². The molecule has 0 spiro atoms. The zero-order chi connectivity index (χ0) is 12.1. The highest BCUT2D eigenvalue weighted by molar-refractivity contribution is 5.26. The van der Waals surface area contributed by atoms with Crippen LogP contribution in [0, 0.1) is 0 Å². The molecule has 0 fully saturated rings. The fourth-order valence-corrected chi connectivity index (χ4v) is 1.69. The van der Waals surface area contributed by atoms with Gasteiger partial charge in [0.1, 0.15) is 5.76 Å². The summed E-state index contributed by atoms with van der Waals surface area (Å²) in [6.45, 7) is -0.361. The first-order chi connectivity index (χ1) is 8.27. The summed E-state index contributed by atoms with van der Waals surface area (Å²) in [6, 6.07) is 12.6. The van der Waals surface area contributed by atoms with Gasteiger partial charge in [-0.15, -0.1) is 0 Å². The first-order valence-corrected chi connectivity index (χ1v) is 5.37. The summed E-state index contributed by atoms with van der Waals surface area (Å²) in [6.07, 6.45) is -0.842. The summed E-state index contributed by atoms with van der Waals surface area (Å²) in [5.74, 6) is 0.636. The normalized spacial score (nSPS) is 12.9. The molecular weight excluding hydrogens is 224 g/mol. The SMILES string of the molecule is FC(F)CNC(c1ccccc1)c1ccco1. The zero-order valence-corrected chi connectivity index (χ0v) is 9.14. The molecule has 0 aliphatic carbocycles. The van der Waals surface area contributed by atoms with Crippen LogP contribution in [0.5, 0.6) is 0 Å². The second-order valence-corrected chi connectivity index (χ2v) is 3.66. The van der Waals surface area contributed by atoms with Crippen LogP contribution in [0.2, 0.25) is 0 Å². The summed E-state index contributed by atoms with van der Waals surface area (Å²) in [7, 11) is 0. The molecule has 4 heteroatoms. The largest absolute Gasteiger partial charge is 0.467 e. The van der Waals surface area contributed by atoms with Crippen molar-refractivity contribution in [3.8, 4) is 0 Å². The molecule has 1 unspecified atom stereocenters. The van der Waals surface area contributed by atoms with Crippen molar-refractivity contribution in [3.63, 3.8) is 0 Å². The standard InChI is InChI=1S/C13H13F2NO/c14-12(15)9-16-13(11-7-4-8-17-11)10-5-2-1-3-6-10/h1-8,12-13,16H,9H2. The smallest absolute Gasteiger partial charge is 0.250 e. The van der Waals surface area contributed by atoms with Gasteiger partial charge >= 0.3 is 0 Å². The lowest BCUT2D eigenvalue weighted by Crippen LogP contribution is -2.27. The van der Waals surface area contributed by atoms with Crippen LogP contribution in [0.15, 0.2) is 53.1 Å². The Kier molecular flexibility index (Phi) is 3.88. The molecule has 2 nitrogen and oxygen atoms in total. The Labute approximate surface area is 98.3 Å². The van der Waals surface area contributed by atoms with Gasteiger partial charge in [-0.05, 0) is 17.7 Å². The fraction of sp³-hybridized carbons (Fsp3) is 0.231. The quantitative estimate of drug-likeness (QED) is 0.863. The summed E-state index contributed by atoms with van der Waals surface area (Å²) >= 11 is 0. The number of alkyl halides is 2. The maximum atomic E-state index is 12.3. The Bertz CT molecular complexity index is 428. The summed E-state index contributed by atoms with van der Waals surface area (Å²) in [4.78, 5) is 0. The lowest BCUT2D eigenvalue weighted by molar-refractivity contribution is 0.142. The van der Waals surface area contributed by atoms with Gasteiger partial charge in [-0.3, -0.25) is 5.32 Å². The highest BCUT2D eigenvalue weighted by Crippen LogP contribution is 2.22. The van der Waals surface area contributed by atoms with E-state index in [1.807, 2.05) is 30.3 Å². The average molecular weight is 237 g/mol. The molecule has 2 aromatic rings. The number of benzene rings is 1. The minimum absolute atomic E-state index is 0.333. The number of halogens is 2. The molecule has 0 aliphatic rings. The Morgan fingerprint density at radius 3 is 2.41 bits per heavy atom. The van der Waals surface area contributed by atoms with E-state index in [1.54, 1.807) is 12.1 Å². The van der Waals surface area contributed by atoms with Gasteiger partial charge in [0, 0.05) is 0 Å². The Hall–Kier alpha value is -1.68. The van der Waals surface area contributed by atoms with Crippen LogP contribution < -0.4 is 5.32 Å². The highest BCUT2D eigenvalue weighted by Gasteiger charge is 2.17. The summed E-state index contributed by atoms with van der Waals surface area (Å²) in [5.41, 5.74) is 0.906. The molecule has 0 saturated carbocycles. The van der Waals surface area contributed by atoms with E-state index >= 15 is 0 Å². The Balaban J connectivity index is 2.19. The van der Waals surface area contributed by atoms with E-state index in [1.165, 1.54) is 6.26 Å². The predicted octanol–water partition coefficient (Wildman–Crippen LogP) is 3.22. The number of furan rings is 1. The first kappa shape index (κ1) is 11.8. The van der Waals surface area contributed by atoms with Crippen molar-refractivity contribution in [2.24, 2.45) is 0 Å². The van der Waals surface area contributed by atoms with Crippen LogP contribution in [-0.2, 0) is 0 Å². The second kappa shape index (κ2) is 5.59. The van der Waals surface area contributed by atoms with Crippen LogP contribution in [0.1, 0.15) is 17.4 Å². The van der Waals surface area contributed by atoms with Gasteiger partial charge in [0.05, 0.1) is 18.8 Å². The lowest BCUT2D eigenvalue weighted by Gasteiger charge is -2.16. The fourth-order valence-electron chi connectivity index (χ4n) is 1.69. The maximum Gasteiger partial charge on any atom is 0.250 e. The Morgan fingerprint density at radius 1 is 1.06 bits per heavy atom. The van der Waals surface area contributed by atoms with Gasteiger partial charge < -0.3 is 4.42 Å². The minimum atomic E-state index is -2.38. The van der Waals surface area contributed by atoms with Crippen LogP contribution >= 0.6 is 0 Å². The third-order valence-electron chi connectivity index (χ3n) is 2.44. The topological polar surface area (TPSA) is 25.2 Å². The van der Waals surface area contributed by atoms with E-state index in [0.29, 0.717) is 5.76 Å². The van der Waals surface area contributed by atoms with Crippen molar-refractivity contribution in [1.82, 2.24) is 5.32 Å². The second-order valence-electron chi connectivity index (χ2n) is 3.66. The van der Waals surface area contributed by atoms with Crippen molar-refractivity contribution in [2.75, 3.05) is 6.54 Å². The van der Waals surface area contributed by atoms with Gasteiger partial charge in [-0.1, -0.05) is 30.3 Å². The molecule has 1 aromatic heterocycles. The van der Waals surface area contributed by atoms with Gasteiger partial charge in [-0.2, -0.15) is 0 Å². The summed E-state index contributed by atoms with van der Waals surface area (Å²) < 4.78 is 29.8. The average Bonchev–Trinajstić information content (AvgIpc) is 2.84. The lowest BCUT2D eigenvalue weighted by atomic mass is 10.0. The van der Waals surface area contributed by atoms with Crippen LogP contribution in [0.4, 0.5) is 8.78 Å². The number of rotatable bonds is 5. The van der Waals surface area contributed by atoms with Crippen molar-refractivity contribution in [2.45, 2.75) is 12.5 Å². The molecule has 1 N–H and O–H groups in total. The van der Waals surface area contributed by atoms with Crippen molar-refractivity contribution < 1.29 is 13.2 Å². The molecule has 0 bridgehead atoms. The maximum absolute atomic E-state index is 12.3. The van der Waals surface area contributed by atoms with Crippen molar-refractivity contribution >= 4 is 0 Å². The van der Waals surface area contributed by atoms with Crippen LogP contribution in [0.3, 0.4) is 0 Å². The zero-order valence-electron chi connectivity index (χ0n) is 9.14.